The smallest absolute Gasteiger partial charge is 0.275 e. The van der Waals surface area contributed by atoms with E-state index in [9.17, 15) is 9.59 Å². The topological polar surface area (TPSA) is 88.9 Å². The minimum Gasteiger partial charge on any atom is -0.326 e. The van der Waals surface area contributed by atoms with E-state index in [2.05, 4.69) is 20.7 Å². The number of carbonyl (C=O) groups excluding carboxylic acids is 2. The number of benzene rings is 1. The zero-order chi connectivity index (χ0) is 19.8. The van der Waals surface area contributed by atoms with E-state index >= 15 is 0 Å². The van der Waals surface area contributed by atoms with E-state index in [1.807, 2.05) is 43.5 Å². The molecule has 0 radical (unpaired) electrons. The summed E-state index contributed by atoms with van der Waals surface area (Å²) in [5.74, 6) is 0.0821. The van der Waals surface area contributed by atoms with E-state index in [4.69, 9.17) is 0 Å². The van der Waals surface area contributed by atoms with Gasteiger partial charge < -0.3 is 5.32 Å². The van der Waals surface area contributed by atoms with Gasteiger partial charge in [-0.3, -0.25) is 19.6 Å². The first-order chi connectivity index (χ1) is 13.4. The van der Waals surface area contributed by atoms with Gasteiger partial charge in [-0.2, -0.15) is 5.10 Å². The van der Waals surface area contributed by atoms with Crippen LogP contribution in [0.1, 0.15) is 47.9 Å². The fourth-order valence-corrected chi connectivity index (χ4v) is 3.87. The van der Waals surface area contributed by atoms with Crippen molar-refractivity contribution in [1.82, 2.24) is 14.8 Å². The highest BCUT2D eigenvalue weighted by molar-refractivity contribution is 7.14. The molecule has 0 atom stereocenters. The fraction of sp³-hybridized carbons (Fsp3) is 0.300. The number of nitrogens with one attached hydrogen (secondary N) is 2. The van der Waals surface area contributed by atoms with Crippen LogP contribution in [0.3, 0.4) is 0 Å². The molecule has 0 bridgehead atoms. The molecular formula is C20H21N5O2S. The largest absolute Gasteiger partial charge is 0.326 e. The molecule has 8 heteroatoms. The summed E-state index contributed by atoms with van der Waals surface area (Å²) in [5, 5.41) is 12.6. The molecule has 0 saturated carbocycles. The number of aromatic nitrogens is 3. The molecule has 0 fully saturated rings. The van der Waals surface area contributed by atoms with Crippen molar-refractivity contribution in [3.05, 3.63) is 46.6 Å². The number of hydrogen-bond acceptors (Lipinski definition) is 5. The number of fused-ring (bicyclic) bond motifs is 1. The van der Waals surface area contributed by atoms with Crippen LogP contribution in [0.2, 0.25) is 0 Å². The van der Waals surface area contributed by atoms with Crippen molar-refractivity contribution in [2.24, 2.45) is 7.05 Å². The third-order valence-corrected chi connectivity index (χ3v) is 5.50. The molecule has 4 rings (SSSR count). The molecule has 0 spiro atoms. The van der Waals surface area contributed by atoms with Gasteiger partial charge in [0.25, 0.3) is 5.91 Å². The quantitative estimate of drug-likeness (QED) is 0.703. The first-order valence-corrected chi connectivity index (χ1v) is 10.0. The number of thiazole rings is 1. The number of amides is 2. The molecule has 2 amide bonds. The van der Waals surface area contributed by atoms with E-state index in [0.29, 0.717) is 17.2 Å². The molecule has 144 valence electrons. The van der Waals surface area contributed by atoms with Crippen molar-refractivity contribution in [1.29, 1.82) is 0 Å². The van der Waals surface area contributed by atoms with Gasteiger partial charge in [0.2, 0.25) is 5.91 Å². The van der Waals surface area contributed by atoms with Gasteiger partial charge in [-0.05, 0) is 36.1 Å². The minimum absolute atomic E-state index is 0.0506. The Kier molecular flexibility index (Phi) is 4.72. The molecule has 0 aliphatic carbocycles. The lowest BCUT2D eigenvalue weighted by Crippen LogP contribution is -2.18. The van der Waals surface area contributed by atoms with Crippen LogP contribution in [-0.2, 0) is 18.3 Å². The average molecular weight is 395 g/mol. The second kappa shape index (κ2) is 7.20. The maximum absolute atomic E-state index is 12.6. The summed E-state index contributed by atoms with van der Waals surface area (Å²) >= 11 is 1.38. The summed E-state index contributed by atoms with van der Waals surface area (Å²) in [6, 6.07) is 7.70. The predicted molar refractivity (Wildman–Crippen MR) is 110 cm³/mol. The monoisotopic (exact) mass is 395 g/mol. The van der Waals surface area contributed by atoms with Gasteiger partial charge in [-0.25, -0.2) is 4.98 Å². The Balaban J connectivity index is 1.52. The zero-order valence-electron chi connectivity index (χ0n) is 15.9. The summed E-state index contributed by atoms with van der Waals surface area (Å²) in [5.41, 5.74) is 5.12. The number of hydrogen-bond donors (Lipinski definition) is 2. The highest BCUT2D eigenvalue weighted by Crippen LogP contribution is 2.30. The molecule has 7 nitrogen and oxygen atoms in total. The molecule has 28 heavy (non-hydrogen) atoms. The summed E-state index contributed by atoms with van der Waals surface area (Å²) in [6.45, 7) is 4.09. The Hall–Kier alpha value is -3.00. The summed E-state index contributed by atoms with van der Waals surface area (Å²) in [7, 11) is 1.76. The van der Waals surface area contributed by atoms with E-state index in [0.717, 1.165) is 34.6 Å². The van der Waals surface area contributed by atoms with E-state index in [1.54, 1.807) is 11.7 Å². The molecule has 2 aromatic heterocycles. The molecule has 1 aliphatic rings. The number of aryl methyl sites for hydroxylation is 2. The van der Waals surface area contributed by atoms with Crippen molar-refractivity contribution in [2.45, 2.75) is 32.6 Å². The van der Waals surface area contributed by atoms with Crippen LogP contribution in [0.25, 0.3) is 11.3 Å². The first kappa shape index (κ1) is 18.4. The minimum atomic E-state index is -0.226. The Morgan fingerprint density at radius 1 is 1.29 bits per heavy atom. The summed E-state index contributed by atoms with van der Waals surface area (Å²) < 4.78 is 1.59. The highest BCUT2D eigenvalue weighted by atomic mass is 32.1. The summed E-state index contributed by atoms with van der Waals surface area (Å²) in [4.78, 5) is 28.6. The SMILES string of the molecule is CC(C)c1cc(C(=O)Nc2nc(-c3ccc4c(c3)CCC(=O)N4)cs2)n(C)n1. The predicted octanol–water partition coefficient (Wildman–Crippen LogP) is 3.80. The Morgan fingerprint density at radius 3 is 2.86 bits per heavy atom. The molecule has 1 aliphatic heterocycles. The van der Waals surface area contributed by atoms with Crippen molar-refractivity contribution >= 4 is 34.0 Å². The van der Waals surface area contributed by atoms with Crippen LogP contribution in [0.4, 0.5) is 10.8 Å². The van der Waals surface area contributed by atoms with Crippen molar-refractivity contribution in [3.8, 4) is 11.3 Å². The van der Waals surface area contributed by atoms with E-state index in [1.165, 1.54) is 11.3 Å². The Morgan fingerprint density at radius 2 is 2.11 bits per heavy atom. The van der Waals surface area contributed by atoms with Crippen LogP contribution in [0.15, 0.2) is 29.6 Å². The number of carbonyl (C=O) groups is 2. The van der Waals surface area contributed by atoms with Gasteiger partial charge in [0.15, 0.2) is 5.13 Å². The second-order valence-corrected chi connectivity index (χ2v) is 8.00. The average Bonchev–Trinajstić information content (AvgIpc) is 3.28. The van der Waals surface area contributed by atoms with Crippen molar-refractivity contribution in [3.63, 3.8) is 0 Å². The second-order valence-electron chi connectivity index (χ2n) is 7.14. The summed E-state index contributed by atoms with van der Waals surface area (Å²) in [6.07, 6.45) is 1.22. The molecule has 0 saturated heterocycles. The van der Waals surface area contributed by atoms with E-state index in [-0.39, 0.29) is 17.7 Å². The van der Waals surface area contributed by atoms with E-state index < -0.39 is 0 Å². The zero-order valence-corrected chi connectivity index (χ0v) is 16.8. The molecule has 2 N–H and O–H groups in total. The number of nitrogens with zero attached hydrogens (tertiary/aromatic N) is 3. The van der Waals surface area contributed by atoms with Gasteiger partial charge in [-0.1, -0.05) is 19.9 Å². The number of anilines is 2. The third-order valence-electron chi connectivity index (χ3n) is 4.74. The van der Waals surface area contributed by atoms with Crippen LogP contribution >= 0.6 is 11.3 Å². The van der Waals surface area contributed by atoms with Crippen LogP contribution in [0.5, 0.6) is 0 Å². The number of rotatable bonds is 4. The maximum atomic E-state index is 12.6. The van der Waals surface area contributed by atoms with Gasteiger partial charge in [0.05, 0.1) is 11.4 Å². The van der Waals surface area contributed by atoms with Gasteiger partial charge in [0.1, 0.15) is 5.69 Å². The third kappa shape index (κ3) is 3.55. The lowest BCUT2D eigenvalue weighted by atomic mass is 9.99. The Labute approximate surface area is 166 Å². The lowest BCUT2D eigenvalue weighted by Gasteiger charge is -2.17. The van der Waals surface area contributed by atoms with Crippen molar-refractivity contribution < 1.29 is 9.59 Å². The molecular weight excluding hydrogens is 374 g/mol. The van der Waals surface area contributed by atoms with Crippen molar-refractivity contribution in [2.75, 3.05) is 10.6 Å². The van der Waals surface area contributed by atoms with Crippen LogP contribution < -0.4 is 10.6 Å². The van der Waals surface area contributed by atoms with Crippen LogP contribution in [-0.4, -0.2) is 26.6 Å². The van der Waals surface area contributed by atoms with Gasteiger partial charge in [-0.15, -0.1) is 11.3 Å². The standard InChI is InChI=1S/C20H21N5O2S/c1-11(2)15-9-17(25(3)24-15)19(27)23-20-22-16(10-28-20)13-4-6-14-12(8-13)5-7-18(26)21-14/h4,6,8-11H,5,7H2,1-3H3,(H,21,26)(H,22,23,27). The molecule has 0 unspecified atom stereocenters. The first-order valence-electron chi connectivity index (χ1n) is 9.14. The van der Waals surface area contributed by atoms with Crippen LogP contribution in [0, 0.1) is 0 Å². The fourth-order valence-electron chi connectivity index (χ4n) is 3.15. The molecule has 1 aromatic carbocycles. The molecule has 3 aromatic rings. The van der Waals surface area contributed by atoms with Gasteiger partial charge in [0, 0.05) is 30.1 Å². The normalized spacial score (nSPS) is 13.4. The Bertz CT molecular complexity index is 1070. The molecule has 3 heterocycles. The lowest BCUT2D eigenvalue weighted by molar-refractivity contribution is -0.116. The van der Waals surface area contributed by atoms with Gasteiger partial charge >= 0.3 is 0 Å². The highest BCUT2D eigenvalue weighted by Gasteiger charge is 2.18. The maximum Gasteiger partial charge on any atom is 0.275 e.